The number of imidazole rings is 1. The number of fused-ring (bicyclic) bond motifs is 1. The molecule has 0 aliphatic carbocycles. The average Bonchev–Trinajstić information content (AvgIpc) is 3.26. The highest BCUT2D eigenvalue weighted by Crippen LogP contribution is 2.32. The number of anilines is 1. The van der Waals surface area contributed by atoms with Crippen molar-refractivity contribution in [3.63, 3.8) is 0 Å². The summed E-state index contributed by atoms with van der Waals surface area (Å²) in [4.78, 5) is 4.56. The first-order valence-corrected chi connectivity index (χ1v) is 11.4. The molecule has 0 fully saturated rings. The number of nitrogens with zero attached hydrogens (tertiary/aromatic N) is 3. The quantitative estimate of drug-likeness (QED) is 0.368. The van der Waals surface area contributed by atoms with Crippen molar-refractivity contribution < 1.29 is 17.9 Å². The van der Waals surface area contributed by atoms with Gasteiger partial charge < -0.3 is 14.8 Å². The molecule has 2 aromatic carbocycles. The van der Waals surface area contributed by atoms with E-state index in [-0.39, 0.29) is 4.90 Å². The summed E-state index contributed by atoms with van der Waals surface area (Å²) in [5, 5.41) is 7.90. The maximum Gasteiger partial charge on any atom is 0.229 e. The number of rotatable bonds is 9. The molecule has 0 bridgehead atoms. The first-order chi connectivity index (χ1) is 15.9. The van der Waals surface area contributed by atoms with Crippen LogP contribution in [0.15, 0.2) is 65.7 Å². The zero-order chi connectivity index (χ0) is 23.4. The Morgan fingerprint density at radius 1 is 1.03 bits per heavy atom. The SMILES string of the molecule is [B][B]NS(=O)(=O)c1ccc(CNc2ccc3ncc(-c4ccc(OC)c(OC)c4)n3n2)cc1. The molecule has 2 heterocycles. The molecule has 0 aliphatic heterocycles. The third-order valence-electron chi connectivity index (χ3n) is 4.97. The predicted molar refractivity (Wildman–Crippen MR) is 127 cm³/mol. The second-order valence-electron chi connectivity index (χ2n) is 6.99. The van der Waals surface area contributed by atoms with Crippen molar-refractivity contribution in [3.8, 4) is 22.8 Å². The molecule has 4 rings (SSSR count). The van der Waals surface area contributed by atoms with Crippen molar-refractivity contribution >= 4 is 36.5 Å². The Kier molecular flexibility index (Phi) is 6.57. The lowest BCUT2D eigenvalue weighted by atomic mass is 9.69. The number of ether oxygens (including phenoxy) is 2. The summed E-state index contributed by atoms with van der Waals surface area (Å²) >= 11 is 0. The molecular weight excluding hydrogens is 440 g/mol. The molecule has 12 heteroatoms. The highest BCUT2D eigenvalue weighted by molar-refractivity contribution is 7.90. The van der Waals surface area contributed by atoms with Crippen LogP contribution in [0.5, 0.6) is 11.5 Å². The first kappa shape index (κ1) is 22.7. The maximum absolute atomic E-state index is 12.0. The summed E-state index contributed by atoms with van der Waals surface area (Å²) in [6.07, 6.45) is 1.75. The van der Waals surface area contributed by atoms with Crippen molar-refractivity contribution in [1.29, 1.82) is 0 Å². The van der Waals surface area contributed by atoms with E-state index in [9.17, 15) is 8.42 Å². The average molecular weight is 460 g/mol. The molecule has 0 atom stereocenters. The van der Waals surface area contributed by atoms with Crippen LogP contribution in [0.3, 0.4) is 0 Å². The Labute approximate surface area is 193 Å². The highest BCUT2D eigenvalue weighted by Gasteiger charge is 2.13. The van der Waals surface area contributed by atoms with Gasteiger partial charge in [-0.3, -0.25) is 4.63 Å². The fourth-order valence-electron chi connectivity index (χ4n) is 3.30. The third-order valence-corrected chi connectivity index (χ3v) is 6.31. The van der Waals surface area contributed by atoms with Crippen molar-refractivity contribution in [2.24, 2.45) is 0 Å². The van der Waals surface area contributed by atoms with Gasteiger partial charge in [-0.15, -0.1) is 5.10 Å². The molecule has 0 spiro atoms. The van der Waals surface area contributed by atoms with Crippen LogP contribution in [0.4, 0.5) is 5.82 Å². The van der Waals surface area contributed by atoms with Crippen molar-refractivity contribution in [1.82, 2.24) is 19.2 Å². The van der Waals surface area contributed by atoms with E-state index in [1.165, 1.54) is 12.1 Å². The van der Waals surface area contributed by atoms with Crippen LogP contribution in [0.2, 0.25) is 0 Å². The van der Waals surface area contributed by atoms with Gasteiger partial charge >= 0.3 is 0 Å². The van der Waals surface area contributed by atoms with Crippen molar-refractivity contribution in [2.75, 3.05) is 19.5 Å². The Morgan fingerprint density at radius 3 is 2.48 bits per heavy atom. The molecule has 0 saturated carbocycles. The minimum absolute atomic E-state index is 0.130. The molecular formula is C21H20B2N5O4S. The van der Waals surface area contributed by atoms with E-state index in [1.54, 1.807) is 37.1 Å². The lowest BCUT2D eigenvalue weighted by Gasteiger charge is -2.10. The standard InChI is InChI=1S/C21H20B2N5O4S/c1-31-18-8-5-15(11-19(18)32-2)17-13-25-21-10-9-20(26-28(17)21)24-12-14-3-6-16(7-4-14)33(29,30)27-23-22/h3-11,13,27H,12H2,1-2H3,(H,24,26). The van der Waals surface area contributed by atoms with Gasteiger partial charge in [0.05, 0.1) is 31.0 Å². The van der Waals surface area contributed by atoms with E-state index in [2.05, 4.69) is 20.0 Å². The topological polar surface area (TPSA) is 107 Å². The second kappa shape index (κ2) is 9.55. The number of hydrogen-bond acceptors (Lipinski definition) is 7. The predicted octanol–water partition coefficient (Wildman–Crippen LogP) is 2.01. The van der Waals surface area contributed by atoms with E-state index >= 15 is 0 Å². The zero-order valence-electron chi connectivity index (χ0n) is 18.0. The van der Waals surface area contributed by atoms with Crippen LogP contribution in [0.1, 0.15) is 5.56 Å². The summed E-state index contributed by atoms with van der Waals surface area (Å²) in [6, 6.07) is 15.8. The number of aromatic nitrogens is 3. The molecule has 4 aromatic rings. The van der Waals surface area contributed by atoms with Crippen LogP contribution in [0, 0.1) is 0 Å². The second-order valence-corrected chi connectivity index (χ2v) is 8.70. The van der Waals surface area contributed by atoms with Crippen LogP contribution < -0.4 is 19.4 Å². The molecule has 0 aliphatic rings. The van der Waals surface area contributed by atoms with Gasteiger partial charge in [0.2, 0.25) is 10.0 Å². The fourth-order valence-corrected chi connectivity index (χ4v) is 4.11. The van der Waals surface area contributed by atoms with Crippen LogP contribution in [-0.2, 0) is 16.6 Å². The minimum Gasteiger partial charge on any atom is -0.493 e. The van der Waals surface area contributed by atoms with Gasteiger partial charge in [0.1, 0.15) is 5.82 Å². The Bertz CT molecular complexity index is 1380. The molecule has 0 unspecified atom stereocenters. The number of hydrogen-bond donors (Lipinski definition) is 2. The lowest BCUT2D eigenvalue weighted by molar-refractivity contribution is 0.355. The van der Waals surface area contributed by atoms with Gasteiger partial charge in [-0.05, 0) is 48.0 Å². The minimum atomic E-state index is -3.64. The number of nitrogens with one attached hydrogen (secondary N) is 2. The van der Waals surface area contributed by atoms with Gasteiger partial charge in [0.15, 0.2) is 24.5 Å². The Hall–Kier alpha value is -3.50. The van der Waals surface area contributed by atoms with Crippen molar-refractivity contribution in [3.05, 3.63) is 66.4 Å². The van der Waals surface area contributed by atoms with E-state index < -0.39 is 10.0 Å². The lowest BCUT2D eigenvalue weighted by Crippen LogP contribution is -2.27. The van der Waals surface area contributed by atoms with Gasteiger partial charge in [-0.2, -0.15) is 0 Å². The smallest absolute Gasteiger partial charge is 0.229 e. The number of sulfonamides is 1. The van der Waals surface area contributed by atoms with E-state index in [1.807, 2.05) is 30.3 Å². The zero-order valence-corrected chi connectivity index (χ0v) is 18.8. The molecule has 0 amide bonds. The van der Waals surface area contributed by atoms with E-state index in [0.717, 1.165) is 24.1 Å². The summed E-state index contributed by atoms with van der Waals surface area (Å²) in [6.45, 7) is 0.454. The van der Waals surface area contributed by atoms with Crippen LogP contribution in [-0.4, -0.2) is 52.3 Å². The molecule has 9 nitrogen and oxygen atoms in total. The largest absolute Gasteiger partial charge is 0.493 e. The van der Waals surface area contributed by atoms with Crippen LogP contribution in [0.25, 0.3) is 16.9 Å². The normalized spacial score (nSPS) is 11.3. The number of benzene rings is 2. The van der Waals surface area contributed by atoms with E-state index in [0.29, 0.717) is 29.5 Å². The maximum atomic E-state index is 12.0. The Balaban J connectivity index is 1.54. The first-order valence-electron chi connectivity index (χ1n) is 9.91. The van der Waals surface area contributed by atoms with Gasteiger partial charge in [-0.1, -0.05) is 12.1 Å². The van der Waals surface area contributed by atoms with Crippen molar-refractivity contribution in [2.45, 2.75) is 11.4 Å². The monoisotopic (exact) mass is 460 g/mol. The van der Waals surface area contributed by atoms with Gasteiger partial charge in [0.25, 0.3) is 0 Å². The summed E-state index contributed by atoms with van der Waals surface area (Å²) in [7, 11) is 5.57. The summed E-state index contributed by atoms with van der Waals surface area (Å²) in [5.41, 5.74) is 3.26. The molecule has 33 heavy (non-hydrogen) atoms. The third kappa shape index (κ3) is 4.81. The molecule has 0 saturated heterocycles. The van der Waals surface area contributed by atoms with Gasteiger partial charge in [0, 0.05) is 19.8 Å². The van der Waals surface area contributed by atoms with E-state index in [4.69, 9.17) is 17.2 Å². The molecule has 2 N–H and O–H groups in total. The van der Waals surface area contributed by atoms with Crippen LogP contribution >= 0.6 is 0 Å². The summed E-state index contributed by atoms with van der Waals surface area (Å²) in [5.74, 6) is 1.89. The highest BCUT2D eigenvalue weighted by atomic mass is 32.2. The van der Waals surface area contributed by atoms with Gasteiger partial charge in [-0.25, -0.2) is 17.9 Å². The summed E-state index contributed by atoms with van der Waals surface area (Å²) < 4.78 is 38.5. The molecule has 165 valence electrons. The Morgan fingerprint density at radius 2 is 1.79 bits per heavy atom. The molecule has 3 radical (unpaired) electrons. The number of methoxy groups -OCH3 is 2. The molecule has 2 aromatic heterocycles. The fraction of sp³-hybridized carbons (Fsp3) is 0.143.